The zero-order valence-corrected chi connectivity index (χ0v) is 15.0. The average Bonchev–Trinajstić information content (AvgIpc) is 2.59. The smallest absolute Gasteiger partial charge is 0.261 e. The minimum absolute atomic E-state index is 0.0430. The zero-order valence-electron chi connectivity index (χ0n) is 15.0. The van der Waals surface area contributed by atoms with Crippen molar-refractivity contribution in [2.24, 2.45) is 0 Å². The molecule has 2 aromatic carbocycles. The van der Waals surface area contributed by atoms with Gasteiger partial charge in [-0.3, -0.25) is 4.79 Å². The van der Waals surface area contributed by atoms with E-state index in [2.05, 4.69) is 36.5 Å². The highest BCUT2D eigenvalue weighted by Crippen LogP contribution is 2.17. The van der Waals surface area contributed by atoms with Crippen LogP contribution in [0.2, 0.25) is 0 Å². The van der Waals surface area contributed by atoms with Gasteiger partial charge in [0, 0.05) is 0 Å². The maximum atomic E-state index is 12.5. The minimum Gasteiger partial charge on any atom is -0.481 e. The van der Waals surface area contributed by atoms with E-state index in [4.69, 9.17) is 4.74 Å². The number of carbonyl (C=O) groups excluding carboxylic acids is 1. The molecule has 0 bridgehead atoms. The molecule has 0 saturated carbocycles. The maximum absolute atomic E-state index is 12.5. The molecule has 0 unspecified atom stereocenters. The van der Waals surface area contributed by atoms with E-state index < -0.39 is 6.10 Å². The summed E-state index contributed by atoms with van der Waals surface area (Å²) in [7, 11) is 0. The number of rotatable bonds is 7. The predicted molar refractivity (Wildman–Crippen MR) is 98.3 cm³/mol. The summed E-state index contributed by atoms with van der Waals surface area (Å²) in [6.07, 6.45) is 1.16. The molecular formula is C21H27NO2. The molecule has 0 radical (unpaired) electrons. The Balaban J connectivity index is 1.99. The summed E-state index contributed by atoms with van der Waals surface area (Å²) in [6.45, 7) is 8.10. The molecule has 2 aromatic rings. The van der Waals surface area contributed by atoms with Gasteiger partial charge in [-0.1, -0.05) is 50.2 Å². The minimum atomic E-state index is -0.482. The second-order valence-corrected chi connectivity index (χ2v) is 6.16. The summed E-state index contributed by atoms with van der Waals surface area (Å²) in [4.78, 5) is 12.5. The summed E-state index contributed by atoms with van der Waals surface area (Å²) in [5, 5.41) is 3.06. The highest BCUT2D eigenvalue weighted by Gasteiger charge is 2.20. The van der Waals surface area contributed by atoms with Crippen molar-refractivity contribution in [3.05, 3.63) is 65.2 Å². The van der Waals surface area contributed by atoms with Crippen LogP contribution in [0.15, 0.2) is 48.5 Å². The van der Waals surface area contributed by atoms with E-state index in [1.807, 2.05) is 45.0 Å². The zero-order chi connectivity index (χ0) is 17.5. The van der Waals surface area contributed by atoms with Crippen molar-refractivity contribution in [2.75, 3.05) is 0 Å². The van der Waals surface area contributed by atoms with Crippen LogP contribution in [0.25, 0.3) is 0 Å². The summed E-state index contributed by atoms with van der Waals surface area (Å²) in [5.41, 5.74) is 3.52. The Kier molecular flexibility index (Phi) is 6.42. The van der Waals surface area contributed by atoms with Crippen LogP contribution < -0.4 is 10.1 Å². The van der Waals surface area contributed by atoms with Crippen LogP contribution >= 0.6 is 0 Å². The molecule has 0 aliphatic carbocycles. The lowest BCUT2D eigenvalue weighted by atomic mass is 10.0. The van der Waals surface area contributed by atoms with Crippen molar-refractivity contribution in [1.29, 1.82) is 0 Å². The molecule has 0 aromatic heterocycles. The average molecular weight is 325 g/mol. The highest BCUT2D eigenvalue weighted by atomic mass is 16.5. The van der Waals surface area contributed by atoms with Crippen LogP contribution in [0.5, 0.6) is 5.75 Å². The lowest BCUT2D eigenvalue weighted by Crippen LogP contribution is -2.39. The third-order valence-corrected chi connectivity index (χ3v) is 4.18. The number of hydrogen-bond donors (Lipinski definition) is 1. The van der Waals surface area contributed by atoms with Gasteiger partial charge >= 0.3 is 0 Å². The number of carbonyl (C=O) groups is 1. The van der Waals surface area contributed by atoms with Gasteiger partial charge in [-0.2, -0.15) is 0 Å². The molecular weight excluding hydrogens is 298 g/mol. The molecule has 0 spiro atoms. The molecule has 24 heavy (non-hydrogen) atoms. The van der Waals surface area contributed by atoms with Crippen molar-refractivity contribution in [3.63, 3.8) is 0 Å². The van der Waals surface area contributed by atoms with E-state index >= 15 is 0 Å². The van der Waals surface area contributed by atoms with Crippen molar-refractivity contribution in [2.45, 2.75) is 52.7 Å². The lowest BCUT2D eigenvalue weighted by molar-refractivity contribution is -0.128. The fourth-order valence-corrected chi connectivity index (χ4v) is 2.61. The number of benzene rings is 2. The molecule has 0 aliphatic heterocycles. The predicted octanol–water partition coefficient (Wildman–Crippen LogP) is 4.59. The van der Waals surface area contributed by atoms with Gasteiger partial charge in [-0.25, -0.2) is 0 Å². The van der Waals surface area contributed by atoms with E-state index in [-0.39, 0.29) is 11.9 Å². The molecule has 3 heteroatoms. The van der Waals surface area contributed by atoms with Crippen molar-refractivity contribution >= 4 is 5.91 Å². The van der Waals surface area contributed by atoms with Crippen LogP contribution in [0, 0.1) is 6.92 Å². The number of hydrogen-bond acceptors (Lipinski definition) is 2. The van der Waals surface area contributed by atoms with Gasteiger partial charge in [0.1, 0.15) is 5.75 Å². The number of amides is 1. The molecule has 0 aliphatic rings. The Morgan fingerprint density at radius 1 is 1.12 bits per heavy atom. The SMILES string of the molecule is CCc1ccc([C@@H](C)NC(=O)[C@@H](CC)Oc2cccc(C)c2)cc1. The first kappa shape index (κ1) is 18.1. The second-order valence-electron chi connectivity index (χ2n) is 6.16. The standard InChI is InChI=1S/C21H27NO2/c1-5-17-10-12-18(13-11-17)16(4)22-21(23)20(6-2)24-19-9-7-8-15(3)14-19/h7-14,16,20H,5-6H2,1-4H3,(H,22,23)/t16-,20-/m1/s1. The van der Waals surface area contributed by atoms with Gasteiger partial charge in [0.15, 0.2) is 6.10 Å². The maximum Gasteiger partial charge on any atom is 0.261 e. The quantitative estimate of drug-likeness (QED) is 0.808. The fraction of sp³-hybridized carbons (Fsp3) is 0.381. The molecule has 0 fully saturated rings. The monoisotopic (exact) mass is 325 g/mol. The van der Waals surface area contributed by atoms with E-state index in [1.165, 1.54) is 5.56 Å². The Morgan fingerprint density at radius 3 is 2.42 bits per heavy atom. The van der Waals surface area contributed by atoms with E-state index in [9.17, 15) is 4.79 Å². The van der Waals surface area contributed by atoms with Crippen LogP contribution in [0.1, 0.15) is 49.9 Å². The van der Waals surface area contributed by atoms with Crippen LogP contribution in [0.4, 0.5) is 0 Å². The fourth-order valence-electron chi connectivity index (χ4n) is 2.61. The van der Waals surface area contributed by atoms with Crippen LogP contribution in [-0.2, 0) is 11.2 Å². The summed E-state index contributed by atoms with van der Waals surface area (Å²) >= 11 is 0. The Morgan fingerprint density at radius 2 is 1.83 bits per heavy atom. The molecule has 2 atom stereocenters. The van der Waals surface area contributed by atoms with Gasteiger partial charge in [0.25, 0.3) is 5.91 Å². The summed E-state index contributed by atoms with van der Waals surface area (Å²) in [6, 6.07) is 16.1. The van der Waals surface area contributed by atoms with E-state index in [0.717, 1.165) is 23.3 Å². The molecule has 1 N–H and O–H groups in total. The molecule has 0 saturated heterocycles. The number of ether oxygens (including phenoxy) is 1. The highest BCUT2D eigenvalue weighted by molar-refractivity contribution is 5.81. The first-order chi connectivity index (χ1) is 11.5. The molecule has 3 nitrogen and oxygen atoms in total. The van der Waals surface area contributed by atoms with E-state index in [1.54, 1.807) is 0 Å². The van der Waals surface area contributed by atoms with Crippen LogP contribution in [0.3, 0.4) is 0 Å². The Hall–Kier alpha value is -2.29. The molecule has 1 amide bonds. The molecule has 2 rings (SSSR count). The summed E-state index contributed by atoms with van der Waals surface area (Å²) in [5.74, 6) is 0.656. The first-order valence-corrected chi connectivity index (χ1v) is 8.66. The number of nitrogens with one attached hydrogen (secondary N) is 1. The van der Waals surface area contributed by atoms with Gasteiger partial charge in [0.2, 0.25) is 0 Å². The van der Waals surface area contributed by atoms with Crippen molar-refractivity contribution in [3.8, 4) is 5.75 Å². The van der Waals surface area contributed by atoms with Gasteiger partial charge in [-0.15, -0.1) is 0 Å². The van der Waals surface area contributed by atoms with Gasteiger partial charge in [-0.05, 0) is 55.5 Å². The lowest BCUT2D eigenvalue weighted by Gasteiger charge is -2.21. The van der Waals surface area contributed by atoms with Crippen molar-refractivity contribution < 1.29 is 9.53 Å². The second kappa shape index (κ2) is 8.53. The topological polar surface area (TPSA) is 38.3 Å². The Labute approximate surface area is 145 Å². The molecule has 128 valence electrons. The molecule has 0 heterocycles. The van der Waals surface area contributed by atoms with Crippen LogP contribution in [-0.4, -0.2) is 12.0 Å². The normalized spacial score (nSPS) is 13.2. The Bertz CT molecular complexity index is 664. The van der Waals surface area contributed by atoms with E-state index in [0.29, 0.717) is 6.42 Å². The third-order valence-electron chi connectivity index (χ3n) is 4.18. The van der Waals surface area contributed by atoms with Gasteiger partial charge in [0.05, 0.1) is 6.04 Å². The largest absolute Gasteiger partial charge is 0.481 e. The summed E-state index contributed by atoms with van der Waals surface area (Å²) < 4.78 is 5.87. The van der Waals surface area contributed by atoms with Crippen molar-refractivity contribution in [1.82, 2.24) is 5.32 Å². The third kappa shape index (κ3) is 4.85. The number of aryl methyl sites for hydroxylation is 2. The first-order valence-electron chi connectivity index (χ1n) is 8.66. The van der Waals surface area contributed by atoms with Gasteiger partial charge < -0.3 is 10.1 Å².